The predicted octanol–water partition coefficient (Wildman–Crippen LogP) is 3.62. The number of anilines is 1. The molecule has 0 radical (unpaired) electrons. The molecular formula is C20H24N6O. The molecule has 0 saturated carbocycles. The molecule has 2 heterocycles. The number of amides is 2. The highest BCUT2D eigenvalue weighted by molar-refractivity contribution is 5.89. The van der Waals surface area contributed by atoms with Crippen LogP contribution in [0.4, 0.5) is 10.5 Å². The molecule has 0 aliphatic rings. The molecule has 0 bridgehead atoms. The Labute approximate surface area is 158 Å². The van der Waals surface area contributed by atoms with Gasteiger partial charge in [-0.3, -0.25) is 10.1 Å². The normalized spacial score (nSPS) is 12.0. The van der Waals surface area contributed by atoms with Crippen molar-refractivity contribution in [1.82, 2.24) is 25.5 Å². The van der Waals surface area contributed by atoms with Crippen molar-refractivity contribution in [3.05, 3.63) is 71.6 Å². The lowest BCUT2D eigenvalue weighted by atomic mass is 9.98. The van der Waals surface area contributed by atoms with Crippen molar-refractivity contribution >= 4 is 11.7 Å². The number of aromatic amines is 1. The largest absolute Gasteiger partial charge is 0.331 e. The van der Waals surface area contributed by atoms with E-state index in [0.717, 1.165) is 28.5 Å². The molecule has 0 aliphatic carbocycles. The summed E-state index contributed by atoms with van der Waals surface area (Å²) in [6.07, 6.45) is 4.15. The first-order valence-corrected chi connectivity index (χ1v) is 8.95. The summed E-state index contributed by atoms with van der Waals surface area (Å²) in [5.41, 5.74) is 2.80. The Morgan fingerprint density at radius 2 is 1.96 bits per heavy atom. The summed E-state index contributed by atoms with van der Waals surface area (Å²) in [6, 6.07) is 11.2. The van der Waals surface area contributed by atoms with E-state index in [0.29, 0.717) is 6.42 Å². The van der Waals surface area contributed by atoms with Gasteiger partial charge in [0.25, 0.3) is 0 Å². The smallest absolute Gasteiger partial charge is 0.319 e. The number of nitrogens with one attached hydrogen (secondary N) is 3. The summed E-state index contributed by atoms with van der Waals surface area (Å²) in [5.74, 6) is 1.79. The van der Waals surface area contributed by atoms with Crippen molar-refractivity contribution < 1.29 is 4.79 Å². The SMILES string of the molecule is Cc1nc(Cc2ccc(NC(=O)N[C@@H](c3cccnc3)C(C)C)cc2)n[nH]1. The molecule has 7 heteroatoms. The van der Waals surface area contributed by atoms with Crippen LogP contribution in [0.25, 0.3) is 0 Å². The van der Waals surface area contributed by atoms with E-state index in [2.05, 4.69) is 44.6 Å². The third kappa shape index (κ3) is 5.13. The van der Waals surface area contributed by atoms with Crippen LogP contribution >= 0.6 is 0 Å². The van der Waals surface area contributed by atoms with E-state index >= 15 is 0 Å². The van der Waals surface area contributed by atoms with Gasteiger partial charge in [0, 0.05) is 24.5 Å². The maximum absolute atomic E-state index is 12.4. The van der Waals surface area contributed by atoms with Gasteiger partial charge in [0.05, 0.1) is 6.04 Å². The molecule has 2 amide bonds. The number of hydrogen-bond donors (Lipinski definition) is 3. The van der Waals surface area contributed by atoms with Crippen LogP contribution in [0, 0.1) is 12.8 Å². The van der Waals surface area contributed by atoms with Crippen LogP contribution in [-0.2, 0) is 6.42 Å². The molecule has 0 aliphatic heterocycles. The Bertz CT molecular complexity index is 873. The van der Waals surface area contributed by atoms with Gasteiger partial charge in [-0.05, 0) is 42.2 Å². The number of nitrogens with zero attached hydrogens (tertiary/aromatic N) is 3. The Morgan fingerprint density at radius 1 is 1.19 bits per heavy atom. The van der Waals surface area contributed by atoms with E-state index < -0.39 is 0 Å². The lowest BCUT2D eigenvalue weighted by Crippen LogP contribution is -2.35. The van der Waals surface area contributed by atoms with Crippen molar-refractivity contribution in [3.8, 4) is 0 Å². The number of benzene rings is 1. The van der Waals surface area contributed by atoms with Crippen LogP contribution < -0.4 is 10.6 Å². The lowest BCUT2D eigenvalue weighted by Gasteiger charge is -2.22. The van der Waals surface area contributed by atoms with Crippen LogP contribution in [0.5, 0.6) is 0 Å². The number of carbonyl (C=O) groups is 1. The predicted molar refractivity (Wildman–Crippen MR) is 104 cm³/mol. The monoisotopic (exact) mass is 364 g/mol. The van der Waals surface area contributed by atoms with E-state index in [1.54, 1.807) is 12.4 Å². The second-order valence-electron chi connectivity index (χ2n) is 6.82. The van der Waals surface area contributed by atoms with Crippen molar-refractivity contribution in [2.45, 2.75) is 33.2 Å². The number of rotatable bonds is 6. The third-order valence-corrected chi connectivity index (χ3v) is 4.21. The van der Waals surface area contributed by atoms with Gasteiger partial charge in [-0.25, -0.2) is 9.78 Å². The second kappa shape index (κ2) is 8.44. The Balaban J connectivity index is 1.60. The van der Waals surface area contributed by atoms with E-state index in [1.807, 2.05) is 43.3 Å². The van der Waals surface area contributed by atoms with Crippen molar-refractivity contribution in [2.24, 2.45) is 5.92 Å². The molecule has 2 aromatic heterocycles. The summed E-state index contributed by atoms with van der Waals surface area (Å²) < 4.78 is 0. The molecule has 0 unspecified atom stereocenters. The summed E-state index contributed by atoms with van der Waals surface area (Å²) >= 11 is 0. The number of pyridine rings is 1. The zero-order valence-electron chi connectivity index (χ0n) is 15.7. The summed E-state index contributed by atoms with van der Waals surface area (Å²) in [4.78, 5) is 20.9. The van der Waals surface area contributed by atoms with E-state index in [1.165, 1.54) is 0 Å². The van der Waals surface area contributed by atoms with Gasteiger partial charge in [-0.15, -0.1) is 0 Å². The van der Waals surface area contributed by atoms with Crippen LogP contribution in [0.15, 0.2) is 48.8 Å². The first kappa shape index (κ1) is 18.6. The molecule has 0 spiro atoms. The highest BCUT2D eigenvalue weighted by atomic mass is 16.2. The number of aryl methyl sites for hydroxylation is 1. The minimum Gasteiger partial charge on any atom is -0.331 e. The van der Waals surface area contributed by atoms with Gasteiger partial charge >= 0.3 is 6.03 Å². The molecule has 3 rings (SSSR count). The number of carbonyl (C=O) groups excluding carboxylic acids is 1. The van der Waals surface area contributed by atoms with Crippen LogP contribution in [-0.4, -0.2) is 26.2 Å². The fourth-order valence-electron chi connectivity index (χ4n) is 2.86. The standard InChI is InChI=1S/C20H24N6O/c1-13(2)19(16-5-4-10-21-12-16)24-20(27)23-17-8-6-15(7-9-17)11-18-22-14(3)25-26-18/h4-10,12-13,19H,11H2,1-3H3,(H,22,25,26)(H2,23,24,27)/t19-/m1/s1. The third-order valence-electron chi connectivity index (χ3n) is 4.21. The second-order valence-corrected chi connectivity index (χ2v) is 6.82. The van der Waals surface area contributed by atoms with E-state index in [-0.39, 0.29) is 18.0 Å². The van der Waals surface area contributed by atoms with Gasteiger partial charge in [-0.2, -0.15) is 5.10 Å². The zero-order valence-corrected chi connectivity index (χ0v) is 15.7. The molecule has 0 fully saturated rings. The summed E-state index contributed by atoms with van der Waals surface area (Å²) in [7, 11) is 0. The van der Waals surface area contributed by atoms with Crippen molar-refractivity contribution in [1.29, 1.82) is 0 Å². The number of aromatic nitrogens is 4. The number of urea groups is 1. The van der Waals surface area contributed by atoms with E-state index in [9.17, 15) is 4.79 Å². The van der Waals surface area contributed by atoms with Gasteiger partial charge in [-0.1, -0.05) is 32.0 Å². The average molecular weight is 364 g/mol. The fourth-order valence-corrected chi connectivity index (χ4v) is 2.86. The van der Waals surface area contributed by atoms with Crippen molar-refractivity contribution in [3.63, 3.8) is 0 Å². The molecule has 27 heavy (non-hydrogen) atoms. The van der Waals surface area contributed by atoms with Crippen LogP contribution in [0.1, 0.15) is 42.7 Å². The first-order valence-electron chi connectivity index (χ1n) is 8.95. The minimum absolute atomic E-state index is 0.105. The molecule has 1 atom stereocenters. The highest BCUT2D eigenvalue weighted by Gasteiger charge is 2.18. The Kier molecular flexibility index (Phi) is 5.80. The molecule has 3 aromatic rings. The molecule has 0 saturated heterocycles. The molecule has 1 aromatic carbocycles. The average Bonchev–Trinajstić information content (AvgIpc) is 3.06. The lowest BCUT2D eigenvalue weighted by molar-refractivity contribution is 0.244. The molecule has 3 N–H and O–H groups in total. The Morgan fingerprint density at radius 3 is 2.56 bits per heavy atom. The summed E-state index contributed by atoms with van der Waals surface area (Å²) in [5, 5.41) is 12.9. The highest BCUT2D eigenvalue weighted by Crippen LogP contribution is 2.21. The first-order chi connectivity index (χ1) is 13.0. The van der Waals surface area contributed by atoms with Crippen LogP contribution in [0.3, 0.4) is 0 Å². The minimum atomic E-state index is -0.241. The van der Waals surface area contributed by atoms with Gasteiger partial charge in [0.2, 0.25) is 0 Å². The Hall–Kier alpha value is -3.22. The number of H-pyrrole nitrogens is 1. The molecular weight excluding hydrogens is 340 g/mol. The summed E-state index contributed by atoms with van der Waals surface area (Å²) in [6.45, 7) is 6.01. The molecule has 7 nitrogen and oxygen atoms in total. The number of hydrogen-bond acceptors (Lipinski definition) is 4. The molecule has 140 valence electrons. The van der Waals surface area contributed by atoms with Gasteiger partial charge in [0.15, 0.2) is 5.82 Å². The van der Waals surface area contributed by atoms with Gasteiger partial charge in [0.1, 0.15) is 5.82 Å². The van der Waals surface area contributed by atoms with Crippen LogP contribution in [0.2, 0.25) is 0 Å². The zero-order chi connectivity index (χ0) is 19.2. The maximum atomic E-state index is 12.4. The van der Waals surface area contributed by atoms with E-state index in [4.69, 9.17) is 0 Å². The quantitative estimate of drug-likeness (QED) is 0.622. The fraction of sp³-hybridized carbons (Fsp3) is 0.300. The topological polar surface area (TPSA) is 95.6 Å². The van der Waals surface area contributed by atoms with Crippen molar-refractivity contribution in [2.75, 3.05) is 5.32 Å². The van der Waals surface area contributed by atoms with Gasteiger partial charge < -0.3 is 10.6 Å². The maximum Gasteiger partial charge on any atom is 0.319 e.